The predicted molar refractivity (Wildman–Crippen MR) is 91.1 cm³/mol. The van der Waals surface area contributed by atoms with Gasteiger partial charge in [0.05, 0.1) is 18.3 Å². The fourth-order valence-electron chi connectivity index (χ4n) is 2.78. The molecule has 0 saturated heterocycles. The predicted octanol–water partition coefficient (Wildman–Crippen LogP) is 2.31. The number of fused-ring (bicyclic) bond motifs is 1. The molecule has 0 bridgehead atoms. The molecule has 0 radical (unpaired) electrons. The van der Waals surface area contributed by atoms with Crippen LogP contribution in [-0.4, -0.2) is 38.9 Å². The molecule has 1 aliphatic rings. The van der Waals surface area contributed by atoms with E-state index in [1.165, 1.54) is 0 Å². The number of rotatable bonds is 5. The normalized spacial score (nSPS) is 16.4. The SMILES string of the molecule is CCOc1ccc([C@H]2C(C(=O)OC(C)C)=C(C)Nc3nnnn32)cc1. The number of benzene rings is 1. The molecule has 1 N–H and O–H groups in total. The topological polar surface area (TPSA) is 91.2 Å². The lowest BCUT2D eigenvalue weighted by Crippen LogP contribution is -2.30. The van der Waals surface area contributed by atoms with E-state index in [1.54, 1.807) is 4.68 Å². The van der Waals surface area contributed by atoms with E-state index >= 15 is 0 Å². The molecule has 0 fully saturated rings. The van der Waals surface area contributed by atoms with Crippen LogP contribution in [0.15, 0.2) is 35.5 Å². The van der Waals surface area contributed by atoms with Crippen molar-refractivity contribution in [3.05, 3.63) is 41.1 Å². The lowest BCUT2D eigenvalue weighted by molar-refractivity contribution is -0.143. The van der Waals surface area contributed by atoms with Crippen LogP contribution < -0.4 is 10.1 Å². The molecule has 0 spiro atoms. The van der Waals surface area contributed by atoms with Crippen molar-refractivity contribution in [2.75, 3.05) is 11.9 Å². The van der Waals surface area contributed by atoms with Gasteiger partial charge in [-0.2, -0.15) is 4.68 Å². The summed E-state index contributed by atoms with van der Waals surface area (Å²) in [5, 5.41) is 14.8. The van der Waals surface area contributed by atoms with Crippen LogP contribution in [0.3, 0.4) is 0 Å². The summed E-state index contributed by atoms with van der Waals surface area (Å²) < 4.78 is 12.5. The zero-order valence-electron chi connectivity index (χ0n) is 14.7. The number of allylic oxidation sites excluding steroid dienone is 1. The maximum absolute atomic E-state index is 12.7. The number of anilines is 1. The zero-order chi connectivity index (χ0) is 18.0. The highest BCUT2D eigenvalue weighted by molar-refractivity contribution is 5.92. The van der Waals surface area contributed by atoms with Crippen molar-refractivity contribution in [3.63, 3.8) is 0 Å². The Morgan fingerprint density at radius 1 is 1.32 bits per heavy atom. The first-order valence-corrected chi connectivity index (χ1v) is 8.20. The zero-order valence-corrected chi connectivity index (χ0v) is 14.7. The first-order chi connectivity index (χ1) is 12.0. The van der Waals surface area contributed by atoms with E-state index in [1.807, 2.05) is 52.0 Å². The average molecular weight is 343 g/mol. The van der Waals surface area contributed by atoms with Crippen molar-refractivity contribution in [1.82, 2.24) is 20.2 Å². The molecule has 1 aliphatic heterocycles. The Hall–Kier alpha value is -2.90. The monoisotopic (exact) mass is 343 g/mol. The molecule has 0 amide bonds. The van der Waals surface area contributed by atoms with Crippen LogP contribution in [0.2, 0.25) is 0 Å². The van der Waals surface area contributed by atoms with Gasteiger partial charge >= 0.3 is 5.97 Å². The maximum atomic E-state index is 12.7. The fraction of sp³-hybridized carbons (Fsp3) is 0.412. The largest absolute Gasteiger partial charge is 0.494 e. The lowest BCUT2D eigenvalue weighted by Gasteiger charge is -2.28. The molecule has 1 aromatic heterocycles. The second-order valence-electron chi connectivity index (χ2n) is 5.97. The van der Waals surface area contributed by atoms with Gasteiger partial charge in [0.15, 0.2) is 0 Å². The number of nitrogens with zero attached hydrogens (tertiary/aromatic N) is 4. The minimum atomic E-state index is -0.465. The quantitative estimate of drug-likeness (QED) is 0.833. The Morgan fingerprint density at radius 2 is 2.04 bits per heavy atom. The molecule has 0 unspecified atom stereocenters. The van der Waals surface area contributed by atoms with Gasteiger partial charge in [0.1, 0.15) is 11.8 Å². The van der Waals surface area contributed by atoms with Crippen LogP contribution in [-0.2, 0) is 9.53 Å². The van der Waals surface area contributed by atoms with Crippen LogP contribution in [0.25, 0.3) is 0 Å². The van der Waals surface area contributed by atoms with Crippen molar-refractivity contribution in [2.24, 2.45) is 0 Å². The summed E-state index contributed by atoms with van der Waals surface area (Å²) in [5.74, 6) is 0.863. The second kappa shape index (κ2) is 6.92. The standard InChI is InChI=1S/C17H21N5O3/c1-5-24-13-8-6-12(7-9-13)15-14(16(23)25-10(2)3)11(4)18-17-19-20-21-22(15)17/h6-10,15H,5H2,1-4H3,(H,18,19,21)/t15-/m0/s1. The highest BCUT2D eigenvalue weighted by Crippen LogP contribution is 2.35. The van der Waals surface area contributed by atoms with Crippen LogP contribution in [0, 0.1) is 0 Å². The number of carbonyl (C=O) groups excluding carboxylic acids is 1. The van der Waals surface area contributed by atoms with Gasteiger partial charge in [-0.15, -0.1) is 0 Å². The van der Waals surface area contributed by atoms with E-state index in [-0.39, 0.29) is 12.1 Å². The molecule has 2 heterocycles. The number of hydrogen-bond donors (Lipinski definition) is 1. The van der Waals surface area contributed by atoms with E-state index in [4.69, 9.17) is 9.47 Å². The van der Waals surface area contributed by atoms with Crippen molar-refractivity contribution < 1.29 is 14.3 Å². The third kappa shape index (κ3) is 3.33. The second-order valence-corrected chi connectivity index (χ2v) is 5.97. The molecular weight excluding hydrogens is 322 g/mol. The molecule has 8 heteroatoms. The van der Waals surface area contributed by atoms with Gasteiger partial charge in [-0.05, 0) is 55.8 Å². The summed E-state index contributed by atoms with van der Waals surface area (Å²) in [6, 6.07) is 7.08. The summed E-state index contributed by atoms with van der Waals surface area (Å²) in [5.41, 5.74) is 2.03. The summed E-state index contributed by atoms with van der Waals surface area (Å²) in [7, 11) is 0. The summed E-state index contributed by atoms with van der Waals surface area (Å²) in [4.78, 5) is 12.7. The van der Waals surface area contributed by atoms with Gasteiger partial charge in [0.25, 0.3) is 0 Å². The number of aromatic nitrogens is 4. The first kappa shape index (κ1) is 16.9. The molecule has 1 atom stereocenters. The van der Waals surface area contributed by atoms with Crippen LogP contribution >= 0.6 is 0 Å². The smallest absolute Gasteiger partial charge is 0.338 e. The van der Waals surface area contributed by atoms with Crippen molar-refractivity contribution in [1.29, 1.82) is 0 Å². The van der Waals surface area contributed by atoms with Crippen molar-refractivity contribution in [3.8, 4) is 5.75 Å². The molecular formula is C17H21N5O3. The number of tetrazole rings is 1. The van der Waals surface area contributed by atoms with Crippen LogP contribution in [0.5, 0.6) is 5.75 Å². The van der Waals surface area contributed by atoms with Gasteiger partial charge in [0, 0.05) is 5.70 Å². The van der Waals surface area contributed by atoms with Crippen molar-refractivity contribution >= 4 is 11.9 Å². The fourth-order valence-corrected chi connectivity index (χ4v) is 2.78. The maximum Gasteiger partial charge on any atom is 0.338 e. The van der Waals surface area contributed by atoms with E-state index in [0.717, 1.165) is 11.3 Å². The summed E-state index contributed by atoms with van der Waals surface area (Å²) in [6.45, 7) is 7.97. The molecule has 25 heavy (non-hydrogen) atoms. The van der Waals surface area contributed by atoms with Gasteiger partial charge < -0.3 is 14.8 Å². The summed E-state index contributed by atoms with van der Waals surface area (Å²) >= 11 is 0. The van der Waals surface area contributed by atoms with Gasteiger partial charge in [-0.3, -0.25) is 0 Å². The Bertz CT molecular complexity index is 795. The van der Waals surface area contributed by atoms with Gasteiger partial charge in [-0.25, -0.2) is 4.79 Å². The molecule has 0 aliphatic carbocycles. The molecule has 3 rings (SSSR count). The Balaban J connectivity index is 2.04. The molecule has 2 aromatic rings. The third-order valence-electron chi connectivity index (χ3n) is 3.78. The van der Waals surface area contributed by atoms with Crippen molar-refractivity contribution in [2.45, 2.75) is 39.8 Å². The van der Waals surface area contributed by atoms with Crippen LogP contribution in [0.1, 0.15) is 39.3 Å². The van der Waals surface area contributed by atoms with E-state index in [9.17, 15) is 4.79 Å². The molecule has 8 nitrogen and oxygen atoms in total. The van der Waals surface area contributed by atoms with E-state index in [2.05, 4.69) is 20.8 Å². The Labute approximate surface area is 145 Å². The Morgan fingerprint density at radius 3 is 2.68 bits per heavy atom. The Kier molecular flexibility index (Phi) is 4.69. The minimum absolute atomic E-state index is 0.218. The molecule has 1 aromatic carbocycles. The minimum Gasteiger partial charge on any atom is -0.494 e. The molecule has 132 valence electrons. The number of nitrogens with one attached hydrogen (secondary N) is 1. The first-order valence-electron chi connectivity index (χ1n) is 8.20. The third-order valence-corrected chi connectivity index (χ3v) is 3.78. The average Bonchev–Trinajstić information content (AvgIpc) is 3.01. The highest BCUT2D eigenvalue weighted by Gasteiger charge is 2.35. The van der Waals surface area contributed by atoms with E-state index in [0.29, 0.717) is 23.8 Å². The molecule has 0 saturated carbocycles. The number of ether oxygens (including phenoxy) is 2. The lowest BCUT2D eigenvalue weighted by atomic mass is 9.95. The van der Waals surface area contributed by atoms with Gasteiger partial charge in [-0.1, -0.05) is 17.2 Å². The summed E-state index contributed by atoms with van der Waals surface area (Å²) in [6.07, 6.45) is -0.218. The number of hydrogen-bond acceptors (Lipinski definition) is 7. The van der Waals surface area contributed by atoms with E-state index < -0.39 is 6.04 Å². The number of esters is 1. The van der Waals surface area contributed by atoms with Crippen LogP contribution in [0.4, 0.5) is 5.95 Å². The number of carbonyl (C=O) groups is 1. The van der Waals surface area contributed by atoms with Gasteiger partial charge in [0.2, 0.25) is 5.95 Å². The highest BCUT2D eigenvalue weighted by atomic mass is 16.5.